The standard InChI is InChI=1S/C21H19Cl2N3O2/c1-21(2)9-11-10-24-20(25-12-6-16(22)19(27)17(23)7-12)26-18(11)14-8-13(28-3)4-5-15(14)21/h4-8,10,27H,9H2,1-3H3,(H,24,25,26). The molecule has 0 spiro atoms. The van der Waals surface area contributed by atoms with Crippen LogP contribution in [0.1, 0.15) is 25.0 Å². The van der Waals surface area contributed by atoms with Crippen LogP contribution in [0.5, 0.6) is 11.5 Å². The second-order valence-electron chi connectivity index (χ2n) is 7.45. The number of anilines is 2. The number of aromatic nitrogens is 2. The lowest BCUT2D eigenvalue weighted by Gasteiger charge is -2.33. The number of phenols is 1. The van der Waals surface area contributed by atoms with Crippen molar-refractivity contribution in [1.82, 2.24) is 9.97 Å². The van der Waals surface area contributed by atoms with Gasteiger partial charge in [0.2, 0.25) is 5.95 Å². The number of rotatable bonds is 3. The summed E-state index contributed by atoms with van der Waals surface area (Å²) in [6.45, 7) is 4.43. The minimum Gasteiger partial charge on any atom is -0.505 e. The van der Waals surface area contributed by atoms with Crippen molar-refractivity contribution in [2.45, 2.75) is 25.7 Å². The molecule has 0 amide bonds. The number of ether oxygens (including phenoxy) is 1. The second kappa shape index (κ2) is 6.83. The maximum atomic E-state index is 9.73. The molecule has 2 N–H and O–H groups in total. The molecule has 0 fully saturated rings. The Morgan fingerprint density at radius 3 is 2.54 bits per heavy atom. The Balaban J connectivity index is 1.78. The van der Waals surface area contributed by atoms with Gasteiger partial charge in [0.15, 0.2) is 5.75 Å². The maximum Gasteiger partial charge on any atom is 0.227 e. The van der Waals surface area contributed by atoms with E-state index in [1.54, 1.807) is 19.2 Å². The van der Waals surface area contributed by atoms with E-state index in [2.05, 4.69) is 30.2 Å². The number of nitrogens with one attached hydrogen (secondary N) is 1. The number of aromatic hydroxyl groups is 1. The van der Waals surface area contributed by atoms with E-state index in [4.69, 9.17) is 32.9 Å². The molecule has 1 aliphatic carbocycles. The highest BCUT2D eigenvalue weighted by molar-refractivity contribution is 6.37. The summed E-state index contributed by atoms with van der Waals surface area (Å²) in [5.41, 5.74) is 4.79. The summed E-state index contributed by atoms with van der Waals surface area (Å²) in [6.07, 6.45) is 2.69. The quantitative estimate of drug-likeness (QED) is 0.533. The van der Waals surface area contributed by atoms with Gasteiger partial charge in [-0.1, -0.05) is 43.1 Å². The van der Waals surface area contributed by atoms with E-state index in [1.165, 1.54) is 5.56 Å². The van der Waals surface area contributed by atoms with Crippen LogP contribution in [-0.4, -0.2) is 22.2 Å². The van der Waals surface area contributed by atoms with Crippen LogP contribution < -0.4 is 10.1 Å². The monoisotopic (exact) mass is 415 g/mol. The number of hydrogen-bond donors (Lipinski definition) is 2. The second-order valence-corrected chi connectivity index (χ2v) is 8.27. The Kier molecular flexibility index (Phi) is 4.60. The van der Waals surface area contributed by atoms with Crippen molar-refractivity contribution in [3.63, 3.8) is 0 Å². The summed E-state index contributed by atoms with van der Waals surface area (Å²) < 4.78 is 5.41. The zero-order valence-electron chi connectivity index (χ0n) is 15.7. The fourth-order valence-electron chi connectivity index (χ4n) is 3.60. The van der Waals surface area contributed by atoms with Crippen LogP contribution in [0.2, 0.25) is 10.0 Å². The molecule has 0 saturated carbocycles. The van der Waals surface area contributed by atoms with Crippen LogP contribution in [0.4, 0.5) is 11.6 Å². The molecule has 0 saturated heterocycles. The summed E-state index contributed by atoms with van der Waals surface area (Å²) >= 11 is 12.0. The third kappa shape index (κ3) is 3.25. The summed E-state index contributed by atoms with van der Waals surface area (Å²) in [5.74, 6) is 1.06. The van der Waals surface area contributed by atoms with Crippen LogP contribution in [0.25, 0.3) is 11.3 Å². The largest absolute Gasteiger partial charge is 0.505 e. The van der Waals surface area contributed by atoms with Gasteiger partial charge in [-0.15, -0.1) is 0 Å². The van der Waals surface area contributed by atoms with Crippen molar-refractivity contribution in [1.29, 1.82) is 0 Å². The number of halogens is 2. The molecule has 144 valence electrons. The van der Waals surface area contributed by atoms with E-state index in [9.17, 15) is 5.11 Å². The Morgan fingerprint density at radius 2 is 1.86 bits per heavy atom. The lowest BCUT2D eigenvalue weighted by Crippen LogP contribution is -2.26. The number of benzene rings is 2. The van der Waals surface area contributed by atoms with Gasteiger partial charge >= 0.3 is 0 Å². The SMILES string of the molecule is COc1ccc2c(c1)-c1nc(Nc3cc(Cl)c(O)c(Cl)c3)ncc1CC2(C)C. The molecule has 0 unspecified atom stereocenters. The Hall–Kier alpha value is -2.50. The van der Waals surface area contributed by atoms with Crippen molar-refractivity contribution in [3.05, 3.63) is 57.7 Å². The van der Waals surface area contributed by atoms with Crippen molar-refractivity contribution < 1.29 is 9.84 Å². The van der Waals surface area contributed by atoms with Gasteiger partial charge in [0, 0.05) is 17.4 Å². The summed E-state index contributed by atoms with van der Waals surface area (Å²) in [5, 5.41) is 13.2. The van der Waals surface area contributed by atoms with Gasteiger partial charge in [-0.05, 0) is 47.2 Å². The molecular formula is C21H19Cl2N3O2. The lowest BCUT2D eigenvalue weighted by atomic mass is 9.72. The minimum atomic E-state index is -0.150. The maximum absolute atomic E-state index is 9.73. The Morgan fingerprint density at radius 1 is 1.14 bits per heavy atom. The fraction of sp³-hybridized carbons (Fsp3) is 0.238. The third-order valence-electron chi connectivity index (χ3n) is 4.98. The summed E-state index contributed by atoms with van der Waals surface area (Å²) in [6, 6.07) is 9.25. The number of phenolic OH excluding ortho intramolecular Hbond substituents is 1. The van der Waals surface area contributed by atoms with E-state index in [1.807, 2.05) is 18.3 Å². The normalized spacial score (nSPS) is 14.2. The topological polar surface area (TPSA) is 67.3 Å². The average molecular weight is 416 g/mol. The zero-order valence-corrected chi connectivity index (χ0v) is 17.2. The number of fused-ring (bicyclic) bond motifs is 3. The minimum absolute atomic E-state index is 0.0229. The Bertz CT molecular complexity index is 1060. The van der Waals surface area contributed by atoms with Crippen LogP contribution in [-0.2, 0) is 11.8 Å². The van der Waals surface area contributed by atoms with Crippen LogP contribution in [0.3, 0.4) is 0 Å². The molecule has 4 rings (SSSR count). The number of hydrogen-bond acceptors (Lipinski definition) is 5. The van der Waals surface area contributed by atoms with Gasteiger partial charge in [-0.25, -0.2) is 9.97 Å². The van der Waals surface area contributed by atoms with Crippen molar-refractivity contribution >= 4 is 34.8 Å². The highest BCUT2D eigenvalue weighted by Gasteiger charge is 2.32. The highest BCUT2D eigenvalue weighted by atomic mass is 35.5. The smallest absolute Gasteiger partial charge is 0.227 e. The van der Waals surface area contributed by atoms with E-state index in [0.29, 0.717) is 11.6 Å². The zero-order chi connectivity index (χ0) is 20.1. The van der Waals surface area contributed by atoms with E-state index >= 15 is 0 Å². The van der Waals surface area contributed by atoms with Crippen molar-refractivity contribution in [2.75, 3.05) is 12.4 Å². The van der Waals surface area contributed by atoms with Crippen molar-refractivity contribution in [2.24, 2.45) is 0 Å². The molecular weight excluding hydrogens is 397 g/mol. The molecule has 0 aliphatic heterocycles. The molecule has 5 nitrogen and oxygen atoms in total. The van der Waals surface area contributed by atoms with Crippen LogP contribution in [0, 0.1) is 0 Å². The molecule has 7 heteroatoms. The van der Waals surface area contributed by atoms with Gasteiger partial charge in [0.1, 0.15) is 5.75 Å². The van der Waals surface area contributed by atoms with Gasteiger partial charge in [0.25, 0.3) is 0 Å². The molecule has 1 heterocycles. The molecule has 0 bridgehead atoms. The van der Waals surface area contributed by atoms with Crippen LogP contribution >= 0.6 is 23.2 Å². The van der Waals surface area contributed by atoms with E-state index < -0.39 is 0 Å². The first-order chi connectivity index (χ1) is 13.3. The van der Waals surface area contributed by atoms with E-state index in [-0.39, 0.29) is 21.2 Å². The molecule has 28 heavy (non-hydrogen) atoms. The van der Waals surface area contributed by atoms with Gasteiger partial charge in [-0.2, -0.15) is 0 Å². The summed E-state index contributed by atoms with van der Waals surface area (Å²) in [4.78, 5) is 9.19. The Labute approximate surface area is 173 Å². The van der Waals surface area contributed by atoms with Gasteiger partial charge in [-0.3, -0.25) is 0 Å². The lowest BCUT2D eigenvalue weighted by molar-refractivity contribution is 0.414. The predicted octanol–water partition coefficient (Wildman–Crippen LogP) is 5.74. The predicted molar refractivity (Wildman–Crippen MR) is 112 cm³/mol. The molecule has 3 aromatic rings. The number of methoxy groups -OCH3 is 1. The average Bonchev–Trinajstić information content (AvgIpc) is 2.66. The molecule has 0 atom stereocenters. The first-order valence-electron chi connectivity index (χ1n) is 8.78. The molecule has 0 radical (unpaired) electrons. The first kappa shape index (κ1) is 18.8. The van der Waals surface area contributed by atoms with Gasteiger partial charge < -0.3 is 15.2 Å². The van der Waals surface area contributed by atoms with Crippen LogP contribution in [0.15, 0.2) is 36.5 Å². The third-order valence-corrected chi connectivity index (χ3v) is 5.56. The fourth-order valence-corrected chi connectivity index (χ4v) is 4.09. The number of nitrogens with zero attached hydrogens (tertiary/aromatic N) is 2. The first-order valence-corrected chi connectivity index (χ1v) is 9.54. The van der Waals surface area contributed by atoms with Gasteiger partial charge in [0.05, 0.1) is 22.8 Å². The highest BCUT2D eigenvalue weighted by Crippen LogP contribution is 2.44. The summed E-state index contributed by atoms with van der Waals surface area (Å²) in [7, 11) is 1.65. The van der Waals surface area contributed by atoms with E-state index in [0.717, 1.165) is 29.0 Å². The van der Waals surface area contributed by atoms with Crippen molar-refractivity contribution in [3.8, 4) is 22.8 Å². The molecule has 1 aromatic heterocycles. The molecule has 2 aromatic carbocycles. The molecule has 1 aliphatic rings.